The summed E-state index contributed by atoms with van der Waals surface area (Å²) in [4.78, 5) is 11.3. The van der Waals surface area contributed by atoms with Gasteiger partial charge in [0.15, 0.2) is 0 Å². The van der Waals surface area contributed by atoms with Crippen molar-refractivity contribution < 1.29 is 19.0 Å². The Balaban J connectivity index is 1.94. The van der Waals surface area contributed by atoms with Gasteiger partial charge in [-0.1, -0.05) is 0 Å². The summed E-state index contributed by atoms with van der Waals surface area (Å²) in [6.45, 7) is 0. The van der Waals surface area contributed by atoms with E-state index in [1.807, 2.05) is 12.1 Å². The monoisotopic (exact) mass is 264 g/mol. The molecule has 2 rings (SSSR count). The van der Waals surface area contributed by atoms with Crippen LogP contribution in [-0.4, -0.2) is 32.4 Å². The van der Waals surface area contributed by atoms with Gasteiger partial charge >= 0.3 is 5.97 Å². The highest BCUT2D eigenvalue weighted by Gasteiger charge is 2.23. The summed E-state index contributed by atoms with van der Waals surface area (Å²) in [6, 6.07) is 7.06. The number of benzene rings is 1. The normalized spacial score (nSPS) is 22.8. The fourth-order valence-corrected chi connectivity index (χ4v) is 2.40. The standard InChI is InChI=1S/C15H20O4/c1-17-13-4-3-5-14(10-13)19-12-8-6-11(7-9-12)15(16)18-2/h6-9,13-14H,3-5,10H2,1-2H3. The Morgan fingerprint density at radius 3 is 2.42 bits per heavy atom. The number of ether oxygens (including phenoxy) is 3. The lowest BCUT2D eigenvalue weighted by Gasteiger charge is -2.28. The number of hydrogen-bond donors (Lipinski definition) is 0. The molecule has 4 heteroatoms. The molecule has 0 N–H and O–H groups in total. The van der Waals surface area contributed by atoms with Crippen LogP contribution in [0, 0.1) is 0 Å². The number of methoxy groups -OCH3 is 2. The minimum atomic E-state index is -0.330. The van der Waals surface area contributed by atoms with Crippen LogP contribution in [0.5, 0.6) is 5.75 Å². The van der Waals surface area contributed by atoms with E-state index in [-0.39, 0.29) is 12.1 Å². The molecular weight excluding hydrogens is 244 g/mol. The quantitative estimate of drug-likeness (QED) is 0.784. The molecule has 1 aliphatic carbocycles. The molecule has 0 amide bonds. The summed E-state index contributed by atoms with van der Waals surface area (Å²) in [6.07, 6.45) is 4.71. The van der Waals surface area contributed by atoms with Crippen molar-refractivity contribution in [1.29, 1.82) is 0 Å². The summed E-state index contributed by atoms with van der Waals surface area (Å²) in [5.41, 5.74) is 0.535. The van der Waals surface area contributed by atoms with Crippen molar-refractivity contribution in [3.63, 3.8) is 0 Å². The molecule has 1 aromatic rings. The van der Waals surface area contributed by atoms with Crippen molar-refractivity contribution in [2.75, 3.05) is 14.2 Å². The first-order valence-corrected chi connectivity index (χ1v) is 6.60. The first-order chi connectivity index (χ1) is 9.22. The third-order valence-electron chi connectivity index (χ3n) is 3.49. The molecule has 4 nitrogen and oxygen atoms in total. The van der Waals surface area contributed by atoms with Crippen LogP contribution < -0.4 is 4.74 Å². The van der Waals surface area contributed by atoms with E-state index in [2.05, 4.69) is 4.74 Å². The van der Waals surface area contributed by atoms with Gasteiger partial charge in [-0.05, 0) is 43.5 Å². The Labute approximate surface area is 113 Å². The van der Waals surface area contributed by atoms with Gasteiger partial charge in [0.2, 0.25) is 0 Å². The molecule has 2 unspecified atom stereocenters. The van der Waals surface area contributed by atoms with E-state index >= 15 is 0 Å². The molecule has 0 radical (unpaired) electrons. The number of hydrogen-bond acceptors (Lipinski definition) is 4. The zero-order valence-corrected chi connectivity index (χ0v) is 11.4. The van der Waals surface area contributed by atoms with Gasteiger partial charge in [-0.3, -0.25) is 0 Å². The smallest absolute Gasteiger partial charge is 0.337 e. The Kier molecular flexibility index (Phi) is 4.80. The van der Waals surface area contributed by atoms with E-state index in [1.54, 1.807) is 19.2 Å². The van der Waals surface area contributed by atoms with Gasteiger partial charge < -0.3 is 14.2 Å². The van der Waals surface area contributed by atoms with Gasteiger partial charge in [-0.2, -0.15) is 0 Å². The van der Waals surface area contributed by atoms with Crippen LogP contribution in [-0.2, 0) is 9.47 Å². The third-order valence-corrected chi connectivity index (χ3v) is 3.49. The average molecular weight is 264 g/mol. The molecule has 1 aliphatic rings. The van der Waals surface area contributed by atoms with Gasteiger partial charge in [-0.25, -0.2) is 4.79 Å². The van der Waals surface area contributed by atoms with Crippen molar-refractivity contribution in [3.8, 4) is 5.75 Å². The molecule has 0 saturated heterocycles. The maximum atomic E-state index is 11.3. The van der Waals surface area contributed by atoms with E-state index in [1.165, 1.54) is 7.11 Å². The van der Waals surface area contributed by atoms with Crippen LogP contribution in [0.25, 0.3) is 0 Å². The van der Waals surface area contributed by atoms with Crippen molar-refractivity contribution in [2.24, 2.45) is 0 Å². The number of esters is 1. The largest absolute Gasteiger partial charge is 0.490 e. The zero-order chi connectivity index (χ0) is 13.7. The maximum Gasteiger partial charge on any atom is 0.337 e. The highest BCUT2D eigenvalue weighted by molar-refractivity contribution is 5.89. The first-order valence-electron chi connectivity index (χ1n) is 6.60. The number of rotatable bonds is 4. The van der Waals surface area contributed by atoms with Gasteiger partial charge in [0.1, 0.15) is 11.9 Å². The lowest BCUT2D eigenvalue weighted by atomic mass is 9.95. The highest BCUT2D eigenvalue weighted by Crippen LogP contribution is 2.25. The molecule has 1 aromatic carbocycles. The van der Waals surface area contributed by atoms with E-state index in [4.69, 9.17) is 9.47 Å². The van der Waals surface area contributed by atoms with E-state index in [0.717, 1.165) is 31.4 Å². The Bertz CT molecular complexity index is 413. The first kappa shape index (κ1) is 13.9. The van der Waals surface area contributed by atoms with Crippen LogP contribution in [0.4, 0.5) is 0 Å². The third kappa shape index (κ3) is 3.70. The predicted molar refractivity (Wildman–Crippen MR) is 71.5 cm³/mol. The van der Waals surface area contributed by atoms with Crippen molar-refractivity contribution in [2.45, 2.75) is 37.9 Å². The van der Waals surface area contributed by atoms with Crippen molar-refractivity contribution in [3.05, 3.63) is 29.8 Å². The van der Waals surface area contributed by atoms with E-state index < -0.39 is 0 Å². The second kappa shape index (κ2) is 6.57. The summed E-state index contributed by atoms with van der Waals surface area (Å²) in [5.74, 6) is 0.457. The Morgan fingerprint density at radius 2 is 1.79 bits per heavy atom. The van der Waals surface area contributed by atoms with Crippen LogP contribution >= 0.6 is 0 Å². The minimum Gasteiger partial charge on any atom is -0.490 e. The van der Waals surface area contributed by atoms with Crippen LogP contribution in [0.3, 0.4) is 0 Å². The molecular formula is C15H20O4. The van der Waals surface area contributed by atoms with Crippen molar-refractivity contribution >= 4 is 5.97 Å². The highest BCUT2D eigenvalue weighted by atomic mass is 16.5. The number of carbonyl (C=O) groups excluding carboxylic acids is 1. The van der Waals surface area contributed by atoms with Crippen LogP contribution in [0.2, 0.25) is 0 Å². The Hall–Kier alpha value is -1.55. The summed E-state index contributed by atoms with van der Waals surface area (Å²) in [5, 5.41) is 0. The molecule has 0 spiro atoms. The van der Waals surface area contributed by atoms with Crippen LogP contribution in [0.15, 0.2) is 24.3 Å². The zero-order valence-electron chi connectivity index (χ0n) is 11.4. The molecule has 0 bridgehead atoms. The maximum absolute atomic E-state index is 11.3. The molecule has 0 aromatic heterocycles. The molecule has 0 heterocycles. The molecule has 1 saturated carbocycles. The fourth-order valence-electron chi connectivity index (χ4n) is 2.40. The lowest BCUT2D eigenvalue weighted by Crippen LogP contribution is -2.29. The number of carbonyl (C=O) groups is 1. The second-order valence-corrected chi connectivity index (χ2v) is 4.78. The van der Waals surface area contributed by atoms with Gasteiger partial charge in [0.05, 0.1) is 18.8 Å². The van der Waals surface area contributed by atoms with Gasteiger partial charge in [-0.15, -0.1) is 0 Å². The molecule has 1 fully saturated rings. The summed E-state index contributed by atoms with van der Waals surface area (Å²) in [7, 11) is 3.12. The van der Waals surface area contributed by atoms with E-state index in [9.17, 15) is 4.79 Å². The van der Waals surface area contributed by atoms with Gasteiger partial charge in [0.25, 0.3) is 0 Å². The Morgan fingerprint density at radius 1 is 1.11 bits per heavy atom. The summed E-state index contributed by atoms with van der Waals surface area (Å²) < 4.78 is 16.0. The molecule has 104 valence electrons. The topological polar surface area (TPSA) is 44.8 Å². The van der Waals surface area contributed by atoms with E-state index in [0.29, 0.717) is 11.7 Å². The minimum absolute atomic E-state index is 0.197. The second-order valence-electron chi connectivity index (χ2n) is 4.78. The van der Waals surface area contributed by atoms with Crippen LogP contribution in [0.1, 0.15) is 36.0 Å². The van der Waals surface area contributed by atoms with Gasteiger partial charge in [0, 0.05) is 13.5 Å². The lowest BCUT2D eigenvalue weighted by molar-refractivity contribution is 0.0210. The predicted octanol–water partition coefficient (Wildman–Crippen LogP) is 2.81. The summed E-state index contributed by atoms with van der Waals surface area (Å²) >= 11 is 0. The average Bonchev–Trinajstić information content (AvgIpc) is 2.47. The molecule has 19 heavy (non-hydrogen) atoms. The van der Waals surface area contributed by atoms with Crippen molar-refractivity contribution in [1.82, 2.24) is 0 Å². The molecule has 0 aliphatic heterocycles. The SMILES string of the molecule is COC(=O)c1ccc(OC2CCCC(OC)C2)cc1. The fraction of sp³-hybridized carbons (Fsp3) is 0.533. The molecule has 2 atom stereocenters.